The summed E-state index contributed by atoms with van der Waals surface area (Å²) in [6.07, 6.45) is -0.941. The van der Waals surface area contributed by atoms with Gasteiger partial charge in [-0.2, -0.15) is 0 Å². The Morgan fingerprint density at radius 1 is 1.17 bits per heavy atom. The molecule has 1 amide bonds. The quantitative estimate of drug-likeness (QED) is 0.582. The van der Waals surface area contributed by atoms with Gasteiger partial charge in [-0.25, -0.2) is 0 Å². The van der Waals surface area contributed by atoms with E-state index >= 15 is 0 Å². The third kappa shape index (κ3) is 5.74. The number of carbonyl (C=O) groups is 2. The zero-order valence-corrected chi connectivity index (χ0v) is 15.1. The lowest BCUT2D eigenvalue weighted by molar-refractivity contribution is -0.150. The molecule has 0 bridgehead atoms. The van der Waals surface area contributed by atoms with Crippen molar-refractivity contribution in [2.24, 2.45) is 0 Å². The smallest absolute Gasteiger partial charge is 0.317 e. The molecule has 0 aliphatic carbocycles. The number of anilines is 1. The molecule has 1 N–H and O–H groups in total. The molecular formula is C17H15Cl2NO3S. The van der Waals surface area contributed by atoms with E-state index in [1.54, 1.807) is 12.1 Å². The maximum atomic E-state index is 12.1. The van der Waals surface area contributed by atoms with Crippen LogP contribution in [0.5, 0.6) is 0 Å². The molecule has 0 radical (unpaired) electrons. The topological polar surface area (TPSA) is 55.4 Å². The molecule has 0 saturated heterocycles. The van der Waals surface area contributed by atoms with E-state index in [0.717, 1.165) is 4.90 Å². The van der Waals surface area contributed by atoms with Crippen LogP contribution >= 0.6 is 35.0 Å². The van der Waals surface area contributed by atoms with Crippen molar-refractivity contribution >= 4 is 52.5 Å². The van der Waals surface area contributed by atoms with E-state index in [9.17, 15) is 9.59 Å². The van der Waals surface area contributed by atoms with Gasteiger partial charge in [0.15, 0.2) is 6.10 Å². The van der Waals surface area contributed by atoms with E-state index in [4.69, 9.17) is 27.9 Å². The highest BCUT2D eigenvalue weighted by molar-refractivity contribution is 8.00. The zero-order chi connectivity index (χ0) is 17.5. The third-order valence-corrected chi connectivity index (χ3v) is 4.51. The molecule has 1 unspecified atom stereocenters. The number of rotatable bonds is 6. The Bertz CT molecular complexity index is 725. The molecule has 0 aliphatic heterocycles. The molecule has 1 atom stereocenters. The molecule has 126 valence electrons. The highest BCUT2D eigenvalue weighted by atomic mass is 35.5. The van der Waals surface area contributed by atoms with E-state index in [0.29, 0.717) is 15.7 Å². The second-order valence-corrected chi connectivity index (χ2v) is 6.74. The number of nitrogens with one attached hydrogen (secondary N) is 1. The number of thioether (sulfide) groups is 1. The molecule has 4 nitrogen and oxygen atoms in total. The fourth-order valence-corrected chi connectivity index (χ4v) is 2.81. The molecule has 2 aromatic rings. The van der Waals surface area contributed by atoms with E-state index < -0.39 is 18.0 Å². The molecule has 2 rings (SSSR count). The zero-order valence-electron chi connectivity index (χ0n) is 12.8. The van der Waals surface area contributed by atoms with Crippen molar-refractivity contribution in [2.75, 3.05) is 11.1 Å². The molecule has 2 aromatic carbocycles. The normalized spacial score (nSPS) is 11.6. The van der Waals surface area contributed by atoms with Crippen molar-refractivity contribution in [3.8, 4) is 0 Å². The van der Waals surface area contributed by atoms with Gasteiger partial charge in [-0.15, -0.1) is 11.8 Å². The van der Waals surface area contributed by atoms with Crippen LogP contribution in [0.15, 0.2) is 53.4 Å². The lowest BCUT2D eigenvalue weighted by Gasteiger charge is -2.14. The number of esters is 1. The van der Waals surface area contributed by atoms with Gasteiger partial charge in [0.2, 0.25) is 0 Å². The van der Waals surface area contributed by atoms with Gasteiger partial charge >= 0.3 is 5.97 Å². The number of ether oxygens (including phenoxy) is 1. The summed E-state index contributed by atoms with van der Waals surface area (Å²) in [5.41, 5.74) is 0.371. The van der Waals surface area contributed by atoms with Crippen LogP contribution in [0.4, 0.5) is 5.69 Å². The minimum atomic E-state index is -0.941. The molecule has 0 saturated carbocycles. The molecule has 7 heteroatoms. The van der Waals surface area contributed by atoms with E-state index in [1.807, 2.05) is 30.3 Å². The lowest BCUT2D eigenvalue weighted by atomic mass is 10.3. The van der Waals surface area contributed by atoms with Crippen molar-refractivity contribution in [1.82, 2.24) is 0 Å². The van der Waals surface area contributed by atoms with Crippen LogP contribution in [0.3, 0.4) is 0 Å². The largest absolute Gasteiger partial charge is 0.452 e. The molecular weight excluding hydrogens is 369 g/mol. The summed E-state index contributed by atoms with van der Waals surface area (Å²) in [5, 5.41) is 3.39. The van der Waals surface area contributed by atoms with Gasteiger partial charge in [0.05, 0.1) is 16.5 Å². The van der Waals surface area contributed by atoms with Gasteiger partial charge in [0.25, 0.3) is 5.91 Å². The SMILES string of the molecule is CC(OC(=O)CSc1ccccc1)C(=O)Nc1cc(Cl)ccc1Cl. The van der Waals surface area contributed by atoms with Gasteiger partial charge in [-0.3, -0.25) is 9.59 Å². The van der Waals surface area contributed by atoms with Gasteiger partial charge in [-0.1, -0.05) is 41.4 Å². The maximum absolute atomic E-state index is 12.1. The highest BCUT2D eigenvalue weighted by Crippen LogP contribution is 2.25. The standard InChI is InChI=1S/C17H15Cl2NO3S/c1-11(17(22)20-15-9-12(18)7-8-14(15)19)23-16(21)10-24-13-5-3-2-4-6-13/h2-9,11H,10H2,1H3,(H,20,22). The predicted octanol–water partition coefficient (Wildman–Crippen LogP) is 4.66. The summed E-state index contributed by atoms with van der Waals surface area (Å²) < 4.78 is 5.13. The van der Waals surface area contributed by atoms with Crippen LogP contribution in [0.25, 0.3) is 0 Å². The van der Waals surface area contributed by atoms with Crippen LogP contribution < -0.4 is 5.32 Å². The fraction of sp³-hybridized carbons (Fsp3) is 0.176. The molecule has 0 heterocycles. The minimum Gasteiger partial charge on any atom is -0.452 e. The average molecular weight is 384 g/mol. The van der Waals surface area contributed by atoms with Crippen molar-refractivity contribution < 1.29 is 14.3 Å². The summed E-state index contributed by atoms with van der Waals surface area (Å²) in [7, 11) is 0. The summed E-state index contributed by atoms with van der Waals surface area (Å²) >= 11 is 13.2. The summed E-state index contributed by atoms with van der Waals surface area (Å²) in [4.78, 5) is 24.9. The third-order valence-electron chi connectivity index (χ3n) is 2.96. The van der Waals surface area contributed by atoms with Crippen molar-refractivity contribution in [3.63, 3.8) is 0 Å². The second kappa shape index (κ2) is 8.97. The number of hydrogen-bond donors (Lipinski definition) is 1. The maximum Gasteiger partial charge on any atom is 0.317 e. The van der Waals surface area contributed by atoms with Crippen LogP contribution in [0, 0.1) is 0 Å². The Hall–Kier alpha value is -1.69. The number of hydrogen-bond acceptors (Lipinski definition) is 4. The minimum absolute atomic E-state index is 0.125. The Morgan fingerprint density at radius 2 is 1.88 bits per heavy atom. The molecule has 0 aliphatic rings. The van der Waals surface area contributed by atoms with Crippen LogP contribution in [0.2, 0.25) is 10.0 Å². The Labute approximate surface area is 154 Å². The van der Waals surface area contributed by atoms with Gasteiger partial charge in [0.1, 0.15) is 0 Å². The van der Waals surface area contributed by atoms with Crippen molar-refractivity contribution in [2.45, 2.75) is 17.9 Å². The first kappa shape index (κ1) is 18.6. The van der Waals surface area contributed by atoms with Crippen LogP contribution in [0.1, 0.15) is 6.92 Å². The van der Waals surface area contributed by atoms with E-state index in [1.165, 1.54) is 24.8 Å². The molecule has 0 spiro atoms. The number of carbonyl (C=O) groups excluding carboxylic acids is 2. The van der Waals surface area contributed by atoms with Gasteiger partial charge < -0.3 is 10.1 Å². The first-order valence-corrected chi connectivity index (χ1v) is 8.83. The Balaban J connectivity index is 1.84. The monoisotopic (exact) mass is 383 g/mol. The highest BCUT2D eigenvalue weighted by Gasteiger charge is 2.19. The van der Waals surface area contributed by atoms with Crippen molar-refractivity contribution in [1.29, 1.82) is 0 Å². The van der Waals surface area contributed by atoms with E-state index in [-0.39, 0.29) is 5.75 Å². The van der Waals surface area contributed by atoms with Gasteiger partial charge in [-0.05, 0) is 37.3 Å². The lowest BCUT2D eigenvalue weighted by Crippen LogP contribution is -2.30. The van der Waals surface area contributed by atoms with Gasteiger partial charge in [0, 0.05) is 9.92 Å². The molecule has 0 fully saturated rings. The van der Waals surface area contributed by atoms with E-state index in [2.05, 4.69) is 5.32 Å². The Kier molecular flexibility index (Phi) is 6.97. The number of benzene rings is 2. The Morgan fingerprint density at radius 3 is 2.58 bits per heavy atom. The fourth-order valence-electron chi connectivity index (χ4n) is 1.77. The van der Waals surface area contributed by atoms with Crippen LogP contribution in [-0.2, 0) is 14.3 Å². The van der Waals surface area contributed by atoms with Crippen molar-refractivity contribution in [3.05, 3.63) is 58.6 Å². The first-order valence-electron chi connectivity index (χ1n) is 7.09. The molecule has 0 aromatic heterocycles. The number of halogens is 2. The summed E-state index contributed by atoms with van der Waals surface area (Å²) in [6, 6.07) is 14.2. The predicted molar refractivity (Wildman–Crippen MR) is 97.8 cm³/mol. The second-order valence-electron chi connectivity index (χ2n) is 4.85. The molecule has 24 heavy (non-hydrogen) atoms. The van der Waals surface area contributed by atoms with Crippen LogP contribution in [-0.4, -0.2) is 23.7 Å². The summed E-state index contributed by atoms with van der Waals surface area (Å²) in [6.45, 7) is 1.50. The summed E-state index contributed by atoms with van der Waals surface area (Å²) in [5.74, 6) is -0.819. The average Bonchev–Trinajstić information content (AvgIpc) is 2.57. The first-order chi connectivity index (χ1) is 11.5. The number of amides is 1.